The average Bonchev–Trinajstić information content (AvgIpc) is 3.03. The topological polar surface area (TPSA) is 119 Å². The maximum Gasteiger partial charge on any atom is 0.311 e. The summed E-state index contributed by atoms with van der Waals surface area (Å²) in [4.78, 5) is 36.3. The van der Waals surface area contributed by atoms with Crippen LogP contribution in [0.5, 0.6) is 0 Å². The van der Waals surface area contributed by atoms with Gasteiger partial charge in [0.2, 0.25) is 0 Å². The highest BCUT2D eigenvalue weighted by molar-refractivity contribution is 5.75. The third kappa shape index (κ3) is 4.67. The molecule has 0 heterocycles. The Morgan fingerprint density at radius 2 is 1.66 bits per heavy atom. The van der Waals surface area contributed by atoms with Crippen molar-refractivity contribution in [2.24, 2.45) is 39.9 Å². The van der Waals surface area contributed by atoms with Crippen molar-refractivity contribution in [2.75, 3.05) is 6.61 Å². The summed E-state index contributed by atoms with van der Waals surface area (Å²) in [6.45, 7) is 12.6. The second-order valence-corrected chi connectivity index (χ2v) is 14.0. The summed E-state index contributed by atoms with van der Waals surface area (Å²) >= 11 is 0. The van der Waals surface area contributed by atoms with Crippen LogP contribution >= 0.6 is 0 Å². The van der Waals surface area contributed by atoms with Gasteiger partial charge in [-0.25, -0.2) is 0 Å². The van der Waals surface area contributed by atoms with Gasteiger partial charge in [0, 0.05) is 30.6 Å². The van der Waals surface area contributed by atoms with Gasteiger partial charge in [-0.15, -0.1) is 0 Å². The Labute approximate surface area is 227 Å². The Hall–Kier alpha value is -1.67. The number of ether oxygens (including phenoxy) is 3. The molecular weight excluding hydrogens is 488 g/mol. The number of rotatable bonds is 5. The number of carbonyl (C=O) groups excluding carboxylic acids is 3. The summed E-state index contributed by atoms with van der Waals surface area (Å²) in [6, 6.07) is 0. The molecule has 2 N–H and O–H groups in total. The zero-order valence-electron chi connectivity index (χ0n) is 24.2. The van der Waals surface area contributed by atoms with Crippen LogP contribution in [0.2, 0.25) is 0 Å². The standard InChI is InChI=1S/C30H48O8/c1-17(37-26(34)27(4,5)6)24-15-25(33)30(35)23-9-8-20-14-21(38-19(3)32)10-13-29(20,16-36-18(2)31)22(23)11-12-28(24,30)7/h17,20-25,33,35H,8-16H2,1-7H3/t17?,20?,21?,22-,23+,24+,25?,28+,29+,30-/m0/s1. The second-order valence-electron chi connectivity index (χ2n) is 14.0. The molecular formula is C30H48O8. The predicted molar refractivity (Wildman–Crippen MR) is 140 cm³/mol. The van der Waals surface area contributed by atoms with E-state index in [0.29, 0.717) is 19.3 Å². The fourth-order valence-electron chi connectivity index (χ4n) is 9.08. The summed E-state index contributed by atoms with van der Waals surface area (Å²) in [5.41, 5.74) is -2.91. The van der Waals surface area contributed by atoms with E-state index in [1.807, 2.05) is 27.7 Å². The molecule has 0 aromatic carbocycles. The van der Waals surface area contributed by atoms with Crippen LogP contribution in [0.1, 0.15) is 99.8 Å². The maximum atomic E-state index is 12.7. The minimum atomic E-state index is -1.33. The highest BCUT2D eigenvalue weighted by Gasteiger charge is 2.72. The van der Waals surface area contributed by atoms with Crippen LogP contribution in [0, 0.1) is 39.9 Å². The molecule has 4 rings (SSSR count). The minimum absolute atomic E-state index is 0.0674. The van der Waals surface area contributed by atoms with Gasteiger partial charge in [-0.05, 0) is 96.8 Å². The molecule has 0 radical (unpaired) electrons. The monoisotopic (exact) mass is 536 g/mol. The van der Waals surface area contributed by atoms with Gasteiger partial charge in [0.05, 0.1) is 23.7 Å². The molecule has 10 atom stereocenters. The van der Waals surface area contributed by atoms with E-state index in [4.69, 9.17) is 14.2 Å². The molecule has 4 aliphatic rings. The molecule has 0 aromatic heterocycles. The van der Waals surface area contributed by atoms with Crippen LogP contribution < -0.4 is 0 Å². The van der Waals surface area contributed by atoms with Gasteiger partial charge in [-0.2, -0.15) is 0 Å². The van der Waals surface area contributed by atoms with Crippen molar-refractivity contribution in [3.63, 3.8) is 0 Å². The normalized spacial score (nSPS) is 43.2. The Bertz CT molecular complexity index is 941. The molecule has 216 valence electrons. The smallest absolute Gasteiger partial charge is 0.311 e. The fourth-order valence-corrected chi connectivity index (χ4v) is 9.08. The molecule has 0 aromatic rings. The van der Waals surface area contributed by atoms with Crippen LogP contribution in [0.4, 0.5) is 0 Å². The molecule has 8 nitrogen and oxygen atoms in total. The van der Waals surface area contributed by atoms with Crippen molar-refractivity contribution in [1.82, 2.24) is 0 Å². The minimum Gasteiger partial charge on any atom is -0.465 e. The van der Waals surface area contributed by atoms with Gasteiger partial charge in [0.25, 0.3) is 0 Å². The lowest BCUT2D eigenvalue weighted by atomic mass is 9.42. The number of aliphatic hydroxyl groups excluding tert-OH is 1. The van der Waals surface area contributed by atoms with Crippen molar-refractivity contribution in [1.29, 1.82) is 0 Å². The van der Waals surface area contributed by atoms with E-state index in [9.17, 15) is 24.6 Å². The van der Waals surface area contributed by atoms with Crippen molar-refractivity contribution in [2.45, 2.75) is 124 Å². The third-order valence-corrected chi connectivity index (χ3v) is 10.9. The first-order valence-corrected chi connectivity index (χ1v) is 14.5. The van der Waals surface area contributed by atoms with Crippen LogP contribution in [0.3, 0.4) is 0 Å². The van der Waals surface area contributed by atoms with Crippen LogP contribution in [0.15, 0.2) is 0 Å². The van der Waals surface area contributed by atoms with E-state index < -0.39 is 28.6 Å². The SMILES string of the molecule is CC(=O)OC[C@]12CCC(OC(C)=O)CC1CC[C@@H]1[C@@H]2CC[C@]2(C)[C@@H](C(C)OC(=O)C(C)(C)C)CC(O)[C@@]12O. The first-order chi connectivity index (χ1) is 17.6. The predicted octanol–water partition coefficient (Wildman–Crippen LogP) is 4.18. The fraction of sp³-hybridized carbons (Fsp3) is 0.900. The van der Waals surface area contributed by atoms with Gasteiger partial charge in [0.1, 0.15) is 12.2 Å². The van der Waals surface area contributed by atoms with Crippen molar-refractivity contribution >= 4 is 17.9 Å². The molecule has 4 aliphatic carbocycles. The van der Waals surface area contributed by atoms with Gasteiger partial charge < -0.3 is 24.4 Å². The highest BCUT2D eigenvalue weighted by atomic mass is 16.6. The Morgan fingerprint density at radius 3 is 2.26 bits per heavy atom. The van der Waals surface area contributed by atoms with Crippen molar-refractivity contribution in [3.05, 3.63) is 0 Å². The summed E-state index contributed by atoms with van der Waals surface area (Å²) in [6.07, 6.45) is 4.12. The first-order valence-electron chi connectivity index (χ1n) is 14.5. The van der Waals surface area contributed by atoms with E-state index >= 15 is 0 Å². The van der Waals surface area contributed by atoms with E-state index in [0.717, 1.165) is 32.1 Å². The molecule has 0 spiro atoms. The number of fused-ring (bicyclic) bond motifs is 5. The number of esters is 3. The zero-order valence-corrected chi connectivity index (χ0v) is 24.2. The molecule has 0 saturated heterocycles. The van der Waals surface area contributed by atoms with Gasteiger partial charge in [0.15, 0.2) is 0 Å². The molecule has 4 saturated carbocycles. The van der Waals surface area contributed by atoms with Crippen molar-refractivity contribution < 1.29 is 38.8 Å². The molecule has 0 bridgehead atoms. The van der Waals surface area contributed by atoms with Gasteiger partial charge in [-0.3, -0.25) is 14.4 Å². The quantitative estimate of drug-likeness (QED) is 0.397. The van der Waals surface area contributed by atoms with Crippen molar-refractivity contribution in [3.8, 4) is 0 Å². The number of hydrogen-bond acceptors (Lipinski definition) is 8. The Kier molecular flexibility index (Phi) is 7.76. The van der Waals surface area contributed by atoms with E-state index in [1.54, 1.807) is 0 Å². The Morgan fingerprint density at radius 1 is 0.974 bits per heavy atom. The van der Waals surface area contributed by atoms with Crippen LogP contribution in [-0.4, -0.2) is 58.6 Å². The van der Waals surface area contributed by atoms with E-state index in [2.05, 4.69) is 6.92 Å². The lowest BCUT2D eigenvalue weighted by molar-refractivity contribution is -0.250. The zero-order chi connectivity index (χ0) is 28.3. The summed E-state index contributed by atoms with van der Waals surface area (Å²) < 4.78 is 17.2. The van der Waals surface area contributed by atoms with Crippen LogP contribution in [-0.2, 0) is 28.6 Å². The lowest BCUT2D eigenvalue weighted by Gasteiger charge is -2.64. The van der Waals surface area contributed by atoms with Gasteiger partial charge >= 0.3 is 17.9 Å². The largest absolute Gasteiger partial charge is 0.465 e. The number of carbonyl (C=O) groups is 3. The lowest BCUT2D eigenvalue weighted by Crippen LogP contribution is -2.67. The average molecular weight is 537 g/mol. The number of aliphatic hydroxyl groups is 2. The maximum absolute atomic E-state index is 12.7. The summed E-state index contributed by atoms with van der Waals surface area (Å²) in [5.74, 6) is -0.941. The van der Waals surface area contributed by atoms with Crippen LogP contribution in [0.25, 0.3) is 0 Å². The van der Waals surface area contributed by atoms with E-state index in [-0.39, 0.29) is 59.7 Å². The first kappa shape index (κ1) is 29.3. The highest BCUT2D eigenvalue weighted by Crippen LogP contribution is 2.69. The molecule has 38 heavy (non-hydrogen) atoms. The Balaban J connectivity index is 1.64. The molecule has 0 aliphatic heterocycles. The molecule has 0 amide bonds. The summed E-state index contributed by atoms with van der Waals surface area (Å²) in [5, 5.41) is 24.0. The molecule has 4 fully saturated rings. The van der Waals surface area contributed by atoms with E-state index in [1.165, 1.54) is 13.8 Å². The number of hydrogen-bond donors (Lipinski definition) is 2. The molecule has 8 heteroatoms. The molecule has 4 unspecified atom stereocenters. The van der Waals surface area contributed by atoms with Gasteiger partial charge in [-0.1, -0.05) is 6.92 Å². The second kappa shape index (κ2) is 10.1. The third-order valence-electron chi connectivity index (χ3n) is 10.9. The summed E-state index contributed by atoms with van der Waals surface area (Å²) in [7, 11) is 0.